The summed E-state index contributed by atoms with van der Waals surface area (Å²) >= 11 is 0. The van der Waals surface area contributed by atoms with Crippen LogP contribution in [0, 0.1) is 23.7 Å². The average Bonchev–Trinajstić information content (AvgIpc) is 2.79. The van der Waals surface area contributed by atoms with Gasteiger partial charge in [0, 0.05) is 18.9 Å². The molecular weight excluding hydrogens is 192 g/mol. The molecule has 1 N–H and O–H groups in total. The van der Waals surface area contributed by atoms with E-state index in [9.17, 15) is 9.59 Å². The molecule has 0 aliphatic heterocycles. The number of aliphatic hydroxyl groups excluding tert-OH is 1. The van der Waals surface area contributed by atoms with Gasteiger partial charge in [-0.05, 0) is 32.1 Å². The fraction of sp³-hybridized carbons (Fsp3) is 0.667. The Morgan fingerprint density at radius 1 is 1.00 bits per heavy atom. The van der Waals surface area contributed by atoms with Crippen molar-refractivity contribution in [3.63, 3.8) is 0 Å². The Labute approximate surface area is 90.2 Å². The summed E-state index contributed by atoms with van der Waals surface area (Å²) in [7, 11) is 1.00. The van der Waals surface area contributed by atoms with Crippen LogP contribution in [0.25, 0.3) is 0 Å². The summed E-state index contributed by atoms with van der Waals surface area (Å²) in [6.07, 6.45) is 5.22. The highest BCUT2D eigenvalue weighted by molar-refractivity contribution is 5.89. The first-order chi connectivity index (χ1) is 7.11. The topological polar surface area (TPSA) is 54.4 Å². The van der Waals surface area contributed by atoms with Crippen molar-refractivity contribution >= 4 is 11.6 Å². The lowest BCUT2D eigenvalue weighted by Crippen LogP contribution is -2.30. The van der Waals surface area contributed by atoms with Crippen molar-refractivity contribution in [3.8, 4) is 0 Å². The van der Waals surface area contributed by atoms with E-state index in [0.29, 0.717) is 11.8 Å². The van der Waals surface area contributed by atoms with Gasteiger partial charge in [0.15, 0.2) is 0 Å². The molecule has 4 unspecified atom stereocenters. The van der Waals surface area contributed by atoms with E-state index in [1.807, 2.05) is 0 Å². The van der Waals surface area contributed by atoms with Crippen molar-refractivity contribution in [2.24, 2.45) is 23.7 Å². The molecule has 1 saturated carbocycles. The molecule has 0 aromatic heterocycles. The highest BCUT2D eigenvalue weighted by atomic mass is 16.2. The van der Waals surface area contributed by atoms with E-state index >= 15 is 0 Å². The van der Waals surface area contributed by atoms with Crippen LogP contribution in [0.4, 0.5) is 0 Å². The predicted molar refractivity (Wildman–Crippen MR) is 57.2 cm³/mol. The smallest absolute Gasteiger partial charge is 0.134 e. The van der Waals surface area contributed by atoms with Gasteiger partial charge in [-0.2, -0.15) is 0 Å². The number of allylic oxidation sites excluding steroid dienone is 2. The lowest BCUT2D eigenvalue weighted by Gasteiger charge is -2.23. The van der Waals surface area contributed by atoms with E-state index in [0.717, 1.165) is 13.5 Å². The van der Waals surface area contributed by atoms with Crippen LogP contribution in [-0.2, 0) is 9.59 Å². The first kappa shape index (κ1) is 12.1. The molecule has 2 bridgehead atoms. The third-order valence-corrected chi connectivity index (χ3v) is 3.40. The molecule has 2 aliphatic carbocycles. The Hall–Kier alpha value is -0.960. The lowest BCUT2D eigenvalue weighted by molar-refractivity contribution is -0.130. The molecule has 0 saturated heterocycles. The van der Waals surface area contributed by atoms with E-state index < -0.39 is 0 Å². The van der Waals surface area contributed by atoms with Gasteiger partial charge in [-0.25, -0.2) is 0 Å². The van der Waals surface area contributed by atoms with Gasteiger partial charge in [0.25, 0.3) is 0 Å². The summed E-state index contributed by atoms with van der Waals surface area (Å²) in [4.78, 5) is 22.7. The van der Waals surface area contributed by atoms with Crippen molar-refractivity contribution in [1.29, 1.82) is 0 Å². The maximum absolute atomic E-state index is 11.4. The van der Waals surface area contributed by atoms with Gasteiger partial charge >= 0.3 is 0 Å². The summed E-state index contributed by atoms with van der Waals surface area (Å²) in [5.74, 6) is 1.00. The van der Waals surface area contributed by atoms with Crippen LogP contribution >= 0.6 is 0 Å². The molecule has 2 aliphatic rings. The average molecular weight is 210 g/mol. The molecular formula is C12H18O3. The maximum Gasteiger partial charge on any atom is 0.134 e. The monoisotopic (exact) mass is 210 g/mol. The maximum atomic E-state index is 11.4. The first-order valence-corrected chi connectivity index (χ1v) is 5.25. The van der Waals surface area contributed by atoms with Crippen molar-refractivity contribution < 1.29 is 14.7 Å². The predicted octanol–water partition coefficient (Wildman–Crippen LogP) is 1.21. The molecule has 3 heteroatoms. The summed E-state index contributed by atoms with van der Waals surface area (Å²) < 4.78 is 0. The van der Waals surface area contributed by atoms with E-state index in [2.05, 4.69) is 12.2 Å². The number of carbonyl (C=O) groups excluding carboxylic acids is 2. The van der Waals surface area contributed by atoms with Crippen LogP contribution in [-0.4, -0.2) is 23.8 Å². The summed E-state index contributed by atoms with van der Waals surface area (Å²) in [5.41, 5.74) is 0. The van der Waals surface area contributed by atoms with Crippen LogP contribution in [0.3, 0.4) is 0 Å². The quantitative estimate of drug-likeness (QED) is 0.697. The molecule has 3 nitrogen and oxygen atoms in total. The van der Waals surface area contributed by atoms with Gasteiger partial charge in [0.05, 0.1) is 0 Å². The second kappa shape index (κ2) is 4.71. The Bertz CT molecular complexity index is 265. The SMILES string of the molecule is CC(=O)C1C2C=CC(C2)C1C(C)=O.CO. The third-order valence-electron chi connectivity index (χ3n) is 3.40. The van der Waals surface area contributed by atoms with Crippen molar-refractivity contribution in [2.45, 2.75) is 20.3 Å². The molecule has 0 spiro atoms. The van der Waals surface area contributed by atoms with Crippen LogP contribution < -0.4 is 0 Å². The van der Waals surface area contributed by atoms with E-state index in [-0.39, 0.29) is 23.4 Å². The molecule has 0 heterocycles. The van der Waals surface area contributed by atoms with Crippen LogP contribution in [0.1, 0.15) is 20.3 Å². The second-order valence-electron chi connectivity index (χ2n) is 4.22. The number of carbonyl (C=O) groups is 2. The van der Waals surface area contributed by atoms with Crippen molar-refractivity contribution in [3.05, 3.63) is 12.2 Å². The third kappa shape index (κ3) is 2.02. The second-order valence-corrected chi connectivity index (χ2v) is 4.22. The fourth-order valence-electron chi connectivity index (χ4n) is 2.93. The zero-order chi connectivity index (χ0) is 11.6. The first-order valence-electron chi connectivity index (χ1n) is 5.25. The summed E-state index contributed by atoms with van der Waals surface area (Å²) in [6.45, 7) is 3.21. The van der Waals surface area contributed by atoms with Gasteiger partial charge in [-0.3, -0.25) is 9.59 Å². The zero-order valence-electron chi connectivity index (χ0n) is 9.43. The summed E-state index contributed by atoms with van der Waals surface area (Å²) in [5, 5.41) is 7.00. The Balaban J connectivity index is 0.000000531. The number of Topliss-reactive ketones (excluding diaryl/α,β-unsaturated/α-hetero) is 2. The van der Waals surface area contributed by atoms with Crippen molar-refractivity contribution in [2.75, 3.05) is 7.11 Å². The van der Waals surface area contributed by atoms with Gasteiger partial charge < -0.3 is 5.11 Å². The number of rotatable bonds is 2. The van der Waals surface area contributed by atoms with Crippen LogP contribution in [0.2, 0.25) is 0 Å². The number of aliphatic hydroxyl groups is 1. The van der Waals surface area contributed by atoms with Gasteiger partial charge in [-0.1, -0.05) is 12.2 Å². The molecule has 84 valence electrons. The lowest BCUT2D eigenvalue weighted by atomic mass is 9.79. The molecule has 4 atom stereocenters. The molecule has 0 amide bonds. The van der Waals surface area contributed by atoms with Crippen LogP contribution in [0.15, 0.2) is 12.2 Å². The normalized spacial score (nSPS) is 36.0. The van der Waals surface area contributed by atoms with E-state index in [1.54, 1.807) is 13.8 Å². The minimum atomic E-state index is -0.0208. The molecule has 15 heavy (non-hydrogen) atoms. The van der Waals surface area contributed by atoms with Crippen molar-refractivity contribution in [1.82, 2.24) is 0 Å². The Morgan fingerprint density at radius 3 is 1.60 bits per heavy atom. The largest absolute Gasteiger partial charge is 0.400 e. The minimum absolute atomic E-state index is 0.0208. The van der Waals surface area contributed by atoms with Gasteiger partial charge in [0.1, 0.15) is 11.6 Å². The van der Waals surface area contributed by atoms with E-state index in [4.69, 9.17) is 5.11 Å². The standard InChI is InChI=1S/C11H14O2.CH4O/c1-6(12)10-8-3-4-9(5-8)11(10)7(2)13;1-2/h3-4,8-11H,5H2,1-2H3;2H,1H3. The number of fused-ring (bicyclic) bond motifs is 2. The highest BCUT2D eigenvalue weighted by Gasteiger charge is 2.48. The molecule has 1 fully saturated rings. The zero-order valence-corrected chi connectivity index (χ0v) is 9.43. The molecule has 0 radical (unpaired) electrons. The molecule has 0 aromatic rings. The minimum Gasteiger partial charge on any atom is -0.400 e. The highest BCUT2D eigenvalue weighted by Crippen LogP contribution is 2.48. The molecule has 2 rings (SSSR count). The Morgan fingerprint density at radius 2 is 1.33 bits per heavy atom. The summed E-state index contributed by atoms with van der Waals surface area (Å²) in [6, 6.07) is 0. The number of hydrogen-bond acceptors (Lipinski definition) is 3. The number of ketones is 2. The fourth-order valence-corrected chi connectivity index (χ4v) is 2.93. The molecule has 0 aromatic carbocycles. The van der Waals surface area contributed by atoms with Gasteiger partial charge in [-0.15, -0.1) is 0 Å². The van der Waals surface area contributed by atoms with Crippen LogP contribution in [0.5, 0.6) is 0 Å². The Kier molecular flexibility index (Phi) is 3.80. The van der Waals surface area contributed by atoms with E-state index in [1.165, 1.54) is 0 Å². The number of hydrogen-bond donors (Lipinski definition) is 1. The van der Waals surface area contributed by atoms with Gasteiger partial charge in [0.2, 0.25) is 0 Å².